The van der Waals surface area contributed by atoms with Gasteiger partial charge in [0, 0.05) is 22.6 Å². The van der Waals surface area contributed by atoms with Gasteiger partial charge in [-0.1, -0.05) is 11.6 Å². The molecule has 0 saturated carbocycles. The van der Waals surface area contributed by atoms with Gasteiger partial charge < -0.3 is 0 Å². The lowest BCUT2D eigenvalue weighted by Gasteiger charge is -2.22. The predicted octanol–water partition coefficient (Wildman–Crippen LogP) is 3.10. The highest BCUT2D eigenvalue weighted by atomic mass is 79.9. The van der Waals surface area contributed by atoms with Gasteiger partial charge >= 0.3 is 10.2 Å². The van der Waals surface area contributed by atoms with Crippen molar-refractivity contribution in [3.63, 3.8) is 0 Å². The molecule has 0 aromatic heterocycles. The Balaban J connectivity index is 3.02. The van der Waals surface area contributed by atoms with E-state index in [4.69, 9.17) is 11.6 Å². The third-order valence-corrected chi connectivity index (χ3v) is 4.86. The van der Waals surface area contributed by atoms with Crippen LogP contribution in [-0.4, -0.2) is 25.8 Å². The van der Waals surface area contributed by atoms with Crippen molar-refractivity contribution in [3.05, 3.63) is 27.7 Å². The van der Waals surface area contributed by atoms with Crippen LogP contribution in [-0.2, 0) is 10.2 Å². The summed E-state index contributed by atoms with van der Waals surface area (Å²) in [6.07, 6.45) is 0. The molecule has 0 radical (unpaired) electrons. The van der Waals surface area contributed by atoms with Gasteiger partial charge in [0.2, 0.25) is 0 Å². The Bertz CT molecular complexity index is 505. The number of rotatable bonds is 4. The average Bonchev–Trinajstić information content (AvgIpc) is 2.21. The number of hydrogen-bond donors (Lipinski definition) is 1. The van der Waals surface area contributed by atoms with Crippen molar-refractivity contribution in [3.8, 4) is 0 Å². The molecule has 0 bridgehead atoms. The van der Waals surface area contributed by atoms with Crippen LogP contribution in [0.5, 0.6) is 0 Å². The van der Waals surface area contributed by atoms with Crippen LogP contribution in [0.25, 0.3) is 0 Å². The minimum absolute atomic E-state index is 0.120. The fourth-order valence-electron chi connectivity index (χ4n) is 1.06. The van der Waals surface area contributed by atoms with E-state index in [1.165, 1.54) is 11.4 Å². The molecule has 1 rings (SSSR count). The molecule has 1 aromatic carbocycles. The molecule has 0 aliphatic carbocycles. The average molecular weight is 342 g/mol. The van der Waals surface area contributed by atoms with Gasteiger partial charge in [0.1, 0.15) is 0 Å². The third-order valence-electron chi connectivity index (χ3n) is 2.27. The molecule has 1 N–H and O–H groups in total. The van der Waals surface area contributed by atoms with Gasteiger partial charge in [-0.05, 0) is 48.0 Å². The summed E-state index contributed by atoms with van der Waals surface area (Å²) in [7, 11) is -2.04. The first-order valence-electron chi connectivity index (χ1n) is 4.95. The summed E-state index contributed by atoms with van der Waals surface area (Å²) in [5.41, 5.74) is 0.421. The number of nitrogens with one attached hydrogen (secondary N) is 1. The molecule has 0 aliphatic heterocycles. The molecule has 0 fully saturated rings. The van der Waals surface area contributed by atoms with Gasteiger partial charge in [0.15, 0.2) is 0 Å². The van der Waals surface area contributed by atoms with E-state index in [-0.39, 0.29) is 6.04 Å². The SMILES string of the molecule is CC(C)N(C)S(=O)(=O)Nc1cc(Cl)ccc1Br. The second-order valence-electron chi connectivity index (χ2n) is 3.84. The van der Waals surface area contributed by atoms with E-state index in [1.807, 2.05) is 0 Å². The standard InChI is InChI=1S/C10H14BrClN2O2S/c1-7(2)14(3)17(15,16)13-10-6-8(12)4-5-9(10)11/h4-7,13H,1-3H3. The third kappa shape index (κ3) is 3.84. The van der Waals surface area contributed by atoms with E-state index in [2.05, 4.69) is 20.7 Å². The van der Waals surface area contributed by atoms with Crippen LogP contribution in [0.15, 0.2) is 22.7 Å². The van der Waals surface area contributed by atoms with Crippen LogP contribution < -0.4 is 4.72 Å². The first-order chi connectivity index (χ1) is 7.74. The molecule has 17 heavy (non-hydrogen) atoms. The zero-order valence-electron chi connectivity index (χ0n) is 9.74. The minimum atomic E-state index is -3.56. The van der Waals surface area contributed by atoms with Crippen molar-refractivity contribution in [2.75, 3.05) is 11.8 Å². The van der Waals surface area contributed by atoms with Crippen LogP contribution in [0.3, 0.4) is 0 Å². The number of anilines is 1. The molecule has 0 heterocycles. The molecule has 4 nitrogen and oxygen atoms in total. The van der Waals surface area contributed by atoms with E-state index in [0.29, 0.717) is 15.2 Å². The lowest BCUT2D eigenvalue weighted by Crippen LogP contribution is -2.37. The lowest BCUT2D eigenvalue weighted by molar-refractivity contribution is 0.414. The molecule has 0 spiro atoms. The van der Waals surface area contributed by atoms with Crippen LogP contribution in [0.4, 0.5) is 5.69 Å². The maximum Gasteiger partial charge on any atom is 0.301 e. The summed E-state index contributed by atoms with van der Waals surface area (Å²) >= 11 is 9.08. The lowest BCUT2D eigenvalue weighted by atomic mass is 10.3. The maximum absolute atomic E-state index is 12.0. The number of hydrogen-bond acceptors (Lipinski definition) is 2. The Labute approximate surface area is 115 Å². The van der Waals surface area contributed by atoms with Gasteiger partial charge in [-0.25, -0.2) is 0 Å². The van der Waals surface area contributed by atoms with Crippen LogP contribution in [0, 0.1) is 0 Å². The van der Waals surface area contributed by atoms with Crippen LogP contribution in [0.1, 0.15) is 13.8 Å². The van der Waals surface area contributed by atoms with Gasteiger partial charge in [-0.15, -0.1) is 0 Å². The minimum Gasteiger partial charge on any atom is -0.270 e. The van der Waals surface area contributed by atoms with Gasteiger partial charge in [-0.3, -0.25) is 4.72 Å². The van der Waals surface area contributed by atoms with E-state index in [0.717, 1.165) is 0 Å². The summed E-state index contributed by atoms with van der Waals surface area (Å²) in [5, 5.41) is 0.470. The molecule has 0 unspecified atom stereocenters. The number of nitrogens with zero attached hydrogens (tertiary/aromatic N) is 1. The first-order valence-corrected chi connectivity index (χ1v) is 7.56. The Morgan fingerprint density at radius 3 is 2.53 bits per heavy atom. The smallest absolute Gasteiger partial charge is 0.270 e. The highest BCUT2D eigenvalue weighted by Gasteiger charge is 2.21. The summed E-state index contributed by atoms with van der Waals surface area (Å²) < 4.78 is 28.3. The van der Waals surface area contributed by atoms with Gasteiger partial charge in [0.05, 0.1) is 5.69 Å². The van der Waals surface area contributed by atoms with Crippen molar-refractivity contribution in [1.29, 1.82) is 0 Å². The fraction of sp³-hybridized carbons (Fsp3) is 0.400. The molecule has 96 valence electrons. The molecular formula is C10H14BrClN2O2S. The zero-order chi connectivity index (χ0) is 13.2. The molecule has 0 aliphatic rings. The largest absolute Gasteiger partial charge is 0.301 e. The number of halogens is 2. The van der Waals surface area contributed by atoms with E-state index < -0.39 is 10.2 Å². The van der Waals surface area contributed by atoms with E-state index >= 15 is 0 Å². The zero-order valence-corrected chi connectivity index (χ0v) is 12.9. The Kier molecular flexibility index (Phi) is 4.83. The van der Waals surface area contributed by atoms with Crippen molar-refractivity contribution >= 4 is 43.4 Å². The van der Waals surface area contributed by atoms with Crippen molar-refractivity contribution in [2.45, 2.75) is 19.9 Å². The Hall–Kier alpha value is -0.300. The molecular weight excluding hydrogens is 328 g/mol. The summed E-state index contributed by atoms with van der Waals surface area (Å²) in [6.45, 7) is 3.60. The van der Waals surface area contributed by atoms with Crippen LogP contribution in [0.2, 0.25) is 5.02 Å². The molecule has 0 saturated heterocycles. The van der Waals surface area contributed by atoms with E-state index in [1.54, 1.807) is 32.0 Å². The molecule has 0 atom stereocenters. The second-order valence-corrected chi connectivity index (χ2v) is 6.86. The van der Waals surface area contributed by atoms with E-state index in [9.17, 15) is 8.42 Å². The van der Waals surface area contributed by atoms with Gasteiger partial charge in [0.25, 0.3) is 0 Å². The highest BCUT2D eigenvalue weighted by Crippen LogP contribution is 2.27. The fourth-order valence-corrected chi connectivity index (χ4v) is 2.86. The quantitative estimate of drug-likeness (QED) is 0.915. The summed E-state index contributed by atoms with van der Waals surface area (Å²) in [6, 6.07) is 4.80. The maximum atomic E-state index is 12.0. The molecule has 0 amide bonds. The van der Waals surface area contributed by atoms with Crippen molar-refractivity contribution in [1.82, 2.24) is 4.31 Å². The molecule has 1 aromatic rings. The second kappa shape index (κ2) is 5.56. The van der Waals surface area contributed by atoms with Crippen LogP contribution >= 0.6 is 27.5 Å². The Morgan fingerprint density at radius 1 is 1.41 bits per heavy atom. The Morgan fingerprint density at radius 2 is 2.00 bits per heavy atom. The monoisotopic (exact) mass is 340 g/mol. The van der Waals surface area contributed by atoms with Crippen molar-refractivity contribution < 1.29 is 8.42 Å². The molecule has 7 heteroatoms. The normalized spacial score (nSPS) is 12.2. The highest BCUT2D eigenvalue weighted by molar-refractivity contribution is 9.10. The first kappa shape index (κ1) is 14.8. The summed E-state index contributed by atoms with van der Waals surface area (Å²) in [5.74, 6) is 0. The van der Waals surface area contributed by atoms with Crippen molar-refractivity contribution in [2.24, 2.45) is 0 Å². The summed E-state index contributed by atoms with van der Waals surface area (Å²) in [4.78, 5) is 0. The van der Waals surface area contributed by atoms with Gasteiger partial charge in [-0.2, -0.15) is 12.7 Å². The number of benzene rings is 1. The topological polar surface area (TPSA) is 49.4 Å². The predicted molar refractivity (Wildman–Crippen MR) is 74.6 cm³/mol.